The quantitative estimate of drug-likeness (QED) is 0.605. The van der Waals surface area contributed by atoms with Crippen LogP contribution in [0.25, 0.3) is 0 Å². The van der Waals surface area contributed by atoms with Crippen molar-refractivity contribution in [3.63, 3.8) is 0 Å². The van der Waals surface area contributed by atoms with Crippen molar-refractivity contribution in [3.8, 4) is 0 Å². The average Bonchev–Trinajstić information content (AvgIpc) is 3.14. The lowest BCUT2D eigenvalue weighted by Crippen LogP contribution is -2.41. The van der Waals surface area contributed by atoms with Crippen LogP contribution in [-0.2, 0) is 4.74 Å². The van der Waals surface area contributed by atoms with Crippen LogP contribution in [0.2, 0.25) is 0 Å². The molecule has 0 spiro atoms. The SMILES string of the molecule is CCNC(=NCC1(CC)CCCC1)N1CCC(COC)C1. The van der Waals surface area contributed by atoms with E-state index in [4.69, 9.17) is 9.73 Å². The monoisotopic (exact) mass is 295 g/mol. The van der Waals surface area contributed by atoms with E-state index in [-0.39, 0.29) is 0 Å². The van der Waals surface area contributed by atoms with E-state index in [2.05, 4.69) is 24.1 Å². The van der Waals surface area contributed by atoms with Gasteiger partial charge in [-0.3, -0.25) is 4.99 Å². The van der Waals surface area contributed by atoms with E-state index < -0.39 is 0 Å². The molecule has 0 aromatic carbocycles. The molecule has 0 aromatic heterocycles. The number of guanidine groups is 1. The maximum atomic E-state index is 5.30. The molecule has 2 aliphatic rings. The summed E-state index contributed by atoms with van der Waals surface area (Å²) in [5, 5.41) is 3.49. The highest BCUT2D eigenvalue weighted by atomic mass is 16.5. The number of aliphatic imine (C=N–C) groups is 1. The molecule has 2 rings (SSSR count). The molecule has 21 heavy (non-hydrogen) atoms. The van der Waals surface area contributed by atoms with Gasteiger partial charge in [-0.1, -0.05) is 19.8 Å². The van der Waals surface area contributed by atoms with Crippen LogP contribution in [0.3, 0.4) is 0 Å². The average molecular weight is 295 g/mol. The van der Waals surface area contributed by atoms with Crippen LogP contribution in [0.1, 0.15) is 52.4 Å². The Bertz CT molecular complexity index is 337. The highest BCUT2D eigenvalue weighted by Crippen LogP contribution is 2.41. The molecule has 2 fully saturated rings. The molecule has 1 saturated heterocycles. The molecule has 0 radical (unpaired) electrons. The summed E-state index contributed by atoms with van der Waals surface area (Å²) in [6.45, 7) is 9.49. The van der Waals surface area contributed by atoms with Gasteiger partial charge in [-0.2, -0.15) is 0 Å². The summed E-state index contributed by atoms with van der Waals surface area (Å²) in [4.78, 5) is 7.43. The van der Waals surface area contributed by atoms with Gasteiger partial charge in [0.25, 0.3) is 0 Å². The Morgan fingerprint density at radius 3 is 2.71 bits per heavy atom. The van der Waals surface area contributed by atoms with Crippen LogP contribution >= 0.6 is 0 Å². The lowest BCUT2D eigenvalue weighted by atomic mass is 9.84. The van der Waals surface area contributed by atoms with Crippen molar-refractivity contribution in [3.05, 3.63) is 0 Å². The third-order valence-electron chi connectivity index (χ3n) is 5.30. The van der Waals surface area contributed by atoms with Gasteiger partial charge in [-0.15, -0.1) is 0 Å². The van der Waals surface area contributed by atoms with E-state index in [1.807, 2.05) is 0 Å². The molecule has 4 nitrogen and oxygen atoms in total. The smallest absolute Gasteiger partial charge is 0.193 e. The Morgan fingerprint density at radius 2 is 2.10 bits per heavy atom. The first-order valence-electron chi connectivity index (χ1n) is 8.75. The lowest BCUT2D eigenvalue weighted by molar-refractivity contribution is 0.157. The van der Waals surface area contributed by atoms with Gasteiger partial charge in [0.2, 0.25) is 0 Å². The molecule has 1 N–H and O–H groups in total. The van der Waals surface area contributed by atoms with Crippen LogP contribution in [0.15, 0.2) is 4.99 Å². The molecular weight excluding hydrogens is 262 g/mol. The number of nitrogens with one attached hydrogen (secondary N) is 1. The predicted octanol–water partition coefficient (Wildman–Crippen LogP) is 2.89. The zero-order valence-corrected chi connectivity index (χ0v) is 14.2. The third-order valence-corrected chi connectivity index (χ3v) is 5.30. The zero-order chi connectivity index (χ0) is 15.1. The molecule has 1 saturated carbocycles. The number of nitrogens with zero attached hydrogens (tertiary/aromatic N) is 2. The van der Waals surface area contributed by atoms with E-state index in [1.165, 1.54) is 38.5 Å². The lowest BCUT2D eigenvalue weighted by Gasteiger charge is -2.27. The minimum Gasteiger partial charge on any atom is -0.384 e. The second-order valence-electron chi connectivity index (χ2n) is 6.79. The van der Waals surface area contributed by atoms with Crippen molar-refractivity contribution in [2.45, 2.75) is 52.4 Å². The maximum Gasteiger partial charge on any atom is 0.193 e. The molecule has 1 heterocycles. The predicted molar refractivity (Wildman–Crippen MR) is 88.7 cm³/mol. The molecule has 1 aliphatic carbocycles. The van der Waals surface area contributed by atoms with Gasteiger partial charge in [0.05, 0.1) is 6.61 Å². The number of hydrogen-bond donors (Lipinski definition) is 1. The third kappa shape index (κ3) is 4.35. The Hall–Kier alpha value is -0.770. The molecule has 1 aliphatic heterocycles. The minimum absolute atomic E-state index is 0.478. The summed E-state index contributed by atoms with van der Waals surface area (Å²) in [6, 6.07) is 0. The van der Waals surface area contributed by atoms with Crippen LogP contribution in [-0.4, -0.2) is 50.8 Å². The van der Waals surface area contributed by atoms with Crippen LogP contribution in [0.4, 0.5) is 0 Å². The molecule has 1 unspecified atom stereocenters. The summed E-state index contributed by atoms with van der Waals surface area (Å²) in [5.74, 6) is 1.78. The minimum atomic E-state index is 0.478. The highest BCUT2D eigenvalue weighted by molar-refractivity contribution is 5.80. The normalized spacial score (nSPS) is 25.6. The fraction of sp³-hybridized carbons (Fsp3) is 0.941. The van der Waals surface area contributed by atoms with Crippen molar-refractivity contribution >= 4 is 5.96 Å². The summed E-state index contributed by atoms with van der Waals surface area (Å²) in [6.07, 6.45) is 7.98. The summed E-state index contributed by atoms with van der Waals surface area (Å²) in [5.41, 5.74) is 0.478. The van der Waals surface area contributed by atoms with Gasteiger partial charge in [0, 0.05) is 39.2 Å². The second-order valence-corrected chi connectivity index (χ2v) is 6.79. The Labute approximate surface area is 130 Å². The Morgan fingerprint density at radius 1 is 1.33 bits per heavy atom. The topological polar surface area (TPSA) is 36.9 Å². The maximum absolute atomic E-state index is 5.30. The first-order chi connectivity index (χ1) is 10.2. The van der Waals surface area contributed by atoms with Crippen molar-refractivity contribution in [2.75, 3.05) is 39.9 Å². The number of likely N-dealkylation sites (tertiary alicyclic amines) is 1. The van der Waals surface area contributed by atoms with Crippen molar-refractivity contribution in [1.82, 2.24) is 10.2 Å². The first kappa shape index (κ1) is 16.6. The van der Waals surface area contributed by atoms with E-state index in [9.17, 15) is 0 Å². The van der Waals surface area contributed by atoms with E-state index in [0.29, 0.717) is 11.3 Å². The molecule has 0 aromatic rings. The largest absolute Gasteiger partial charge is 0.384 e. The number of ether oxygens (including phenoxy) is 1. The fourth-order valence-corrected chi connectivity index (χ4v) is 3.81. The summed E-state index contributed by atoms with van der Waals surface area (Å²) < 4.78 is 5.30. The van der Waals surface area contributed by atoms with Gasteiger partial charge >= 0.3 is 0 Å². The molecule has 122 valence electrons. The van der Waals surface area contributed by atoms with E-state index in [0.717, 1.165) is 38.7 Å². The van der Waals surface area contributed by atoms with Crippen LogP contribution in [0, 0.1) is 11.3 Å². The second kappa shape index (κ2) is 8.02. The van der Waals surface area contributed by atoms with Crippen molar-refractivity contribution in [2.24, 2.45) is 16.3 Å². The number of methoxy groups -OCH3 is 1. The molecule has 0 amide bonds. The zero-order valence-electron chi connectivity index (χ0n) is 14.2. The van der Waals surface area contributed by atoms with Gasteiger partial charge in [0.1, 0.15) is 0 Å². The van der Waals surface area contributed by atoms with Crippen LogP contribution < -0.4 is 5.32 Å². The highest BCUT2D eigenvalue weighted by Gasteiger charge is 2.32. The van der Waals surface area contributed by atoms with E-state index >= 15 is 0 Å². The fourth-order valence-electron chi connectivity index (χ4n) is 3.81. The summed E-state index contributed by atoms with van der Waals surface area (Å²) in [7, 11) is 1.80. The first-order valence-corrected chi connectivity index (χ1v) is 8.75. The number of hydrogen-bond acceptors (Lipinski definition) is 2. The Kier molecular flexibility index (Phi) is 6.34. The van der Waals surface area contributed by atoms with Crippen molar-refractivity contribution in [1.29, 1.82) is 0 Å². The van der Waals surface area contributed by atoms with E-state index in [1.54, 1.807) is 7.11 Å². The van der Waals surface area contributed by atoms with Gasteiger partial charge in [-0.05, 0) is 38.0 Å². The summed E-state index contributed by atoms with van der Waals surface area (Å²) >= 11 is 0. The number of rotatable bonds is 6. The van der Waals surface area contributed by atoms with Crippen molar-refractivity contribution < 1.29 is 4.74 Å². The Balaban J connectivity index is 1.96. The van der Waals surface area contributed by atoms with Gasteiger partial charge in [-0.25, -0.2) is 0 Å². The molecule has 4 heteroatoms. The standard InChI is InChI=1S/C17H33N3O/c1-4-17(9-6-7-10-17)14-19-16(18-5-2)20-11-8-15(12-20)13-21-3/h15H,4-14H2,1-3H3,(H,18,19). The van der Waals surface area contributed by atoms with Gasteiger partial charge in [0.15, 0.2) is 5.96 Å². The molecule has 0 bridgehead atoms. The van der Waals surface area contributed by atoms with Crippen LogP contribution in [0.5, 0.6) is 0 Å². The van der Waals surface area contributed by atoms with Gasteiger partial charge < -0.3 is 15.0 Å². The molecule has 1 atom stereocenters. The molecular formula is C17H33N3O.